The lowest BCUT2D eigenvalue weighted by Crippen LogP contribution is -2.10. The SMILES string of the molecule is CNCc1c(-c2ccc(Br)s2)nc(C)n1C. The van der Waals surface area contributed by atoms with Crippen molar-refractivity contribution >= 4 is 27.3 Å². The van der Waals surface area contributed by atoms with Crippen molar-refractivity contribution in [3.8, 4) is 10.6 Å². The van der Waals surface area contributed by atoms with Crippen LogP contribution >= 0.6 is 27.3 Å². The Morgan fingerprint density at radius 2 is 2.25 bits per heavy atom. The molecule has 0 fully saturated rings. The van der Waals surface area contributed by atoms with E-state index < -0.39 is 0 Å². The van der Waals surface area contributed by atoms with Gasteiger partial charge < -0.3 is 9.88 Å². The minimum absolute atomic E-state index is 0.836. The molecule has 0 aliphatic heterocycles. The van der Waals surface area contributed by atoms with E-state index in [-0.39, 0.29) is 0 Å². The predicted molar refractivity (Wildman–Crippen MR) is 71.7 cm³/mol. The number of thiophene rings is 1. The largest absolute Gasteiger partial charge is 0.334 e. The summed E-state index contributed by atoms with van der Waals surface area (Å²) >= 11 is 5.20. The quantitative estimate of drug-likeness (QED) is 0.944. The molecule has 0 unspecified atom stereocenters. The zero-order valence-electron chi connectivity index (χ0n) is 9.54. The fourth-order valence-corrected chi connectivity index (χ4v) is 3.06. The number of imidazole rings is 1. The number of hydrogen-bond donors (Lipinski definition) is 1. The summed E-state index contributed by atoms with van der Waals surface area (Å²) in [6.45, 7) is 2.87. The van der Waals surface area contributed by atoms with Crippen LogP contribution in [0.2, 0.25) is 0 Å². The van der Waals surface area contributed by atoms with Crippen LogP contribution in [0.1, 0.15) is 11.5 Å². The first-order chi connectivity index (χ1) is 7.63. The van der Waals surface area contributed by atoms with E-state index in [4.69, 9.17) is 0 Å². The van der Waals surface area contributed by atoms with E-state index in [1.165, 1.54) is 10.6 Å². The highest BCUT2D eigenvalue weighted by Crippen LogP contribution is 2.32. The van der Waals surface area contributed by atoms with Gasteiger partial charge in [0.05, 0.1) is 14.4 Å². The number of aryl methyl sites for hydroxylation is 1. The molecule has 16 heavy (non-hydrogen) atoms. The number of aromatic nitrogens is 2. The number of halogens is 1. The molecule has 0 amide bonds. The van der Waals surface area contributed by atoms with Crippen LogP contribution in [0.15, 0.2) is 15.9 Å². The molecule has 3 nitrogen and oxygen atoms in total. The van der Waals surface area contributed by atoms with Gasteiger partial charge in [0.1, 0.15) is 11.5 Å². The lowest BCUT2D eigenvalue weighted by molar-refractivity contribution is 0.722. The van der Waals surface area contributed by atoms with Gasteiger partial charge in [0.15, 0.2) is 0 Å². The lowest BCUT2D eigenvalue weighted by atomic mass is 10.2. The number of nitrogens with zero attached hydrogens (tertiary/aromatic N) is 2. The van der Waals surface area contributed by atoms with Gasteiger partial charge in [-0.1, -0.05) is 0 Å². The topological polar surface area (TPSA) is 29.9 Å². The molecule has 86 valence electrons. The van der Waals surface area contributed by atoms with Gasteiger partial charge in [-0.25, -0.2) is 4.98 Å². The molecule has 2 aromatic rings. The third kappa shape index (κ3) is 2.07. The van der Waals surface area contributed by atoms with Crippen molar-refractivity contribution in [3.05, 3.63) is 27.4 Å². The Hall–Kier alpha value is -0.650. The highest BCUT2D eigenvalue weighted by Gasteiger charge is 2.14. The van der Waals surface area contributed by atoms with E-state index in [0.717, 1.165) is 21.8 Å². The molecule has 5 heteroatoms. The van der Waals surface area contributed by atoms with Crippen molar-refractivity contribution in [1.29, 1.82) is 0 Å². The second-order valence-corrected chi connectivity index (χ2v) is 6.11. The van der Waals surface area contributed by atoms with Gasteiger partial charge in [-0.3, -0.25) is 0 Å². The normalized spacial score (nSPS) is 11.0. The van der Waals surface area contributed by atoms with Gasteiger partial charge in [-0.2, -0.15) is 0 Å². The fourth-order valence-electron chi connectivity index (χ4n) is 1.66. The average Bonchev–Trinajstić information content (AvgIpc) is 2.78. The molecule has 2 aromatic heterocycles. The summed E-state index contributed by atoms with van der Waals surface area (Å²) < 4.78 is 3.28. The summed E-state index contributed by atoms with van der Waals surface area (Å²) in [5.41, 5.74) is 2.32. The van der Waals surface area contributed by atoms with Gasteiger partial charge in [0.2, 0.25) is 0 Å². The van der Waals surface area contributed by atoms with Crippen LogP contribution in [-0.4, -0.2) is 16.6 Å². The van der Waals surface area contributed by atoms with Crippen LogP contribution in [0.25, 0.3) is 10.6 Å². The van der Waals surface area contributed by atoms with Gasteiger partial charge >= 0.3 is 0 Å². The van der Waals surface area contributed by atoms with E-state index >= 15 is 0 Å². The average molecular weight is 300 g/mol. The maximum atomic E-state index is 4.62. The van der Waals surface area contributed by atoms with Gasteiger partial charge in [0, 0.05) is 13.6 Å². The summed E-state index contributed by atoms with van der Waals surface area (Å²) in [6, 6.07) is 4.17. The summed E-state index contributed by atoms with van der Waals surface area (Å²) in [4.78, 5) is 5.83. The molecule has 0 aromatic carbocycles. The first kappa shape index (κ1) is 11.8. The van der Waals surface area contributed by atoms with Crippen molar-refractivity contribution in [2.75, 3.05) is 7.05 Å². The Kier molecular flexibility index (Phi) is 3.47. The van der Waals surface area contributed by atoms with Gasteiger partial charge in [0.25, 0.3) is 0 Å². The molecule has 0 radical (unpaired) electrons. The van der Waals surface area contributed by atoms with Crippen LogP contribution in [0, 0.1) is 6.92 Å². The third-order valence-electron chi connectivity index (χ3n) is 2.59. The summed E-state index contributed by atoms with van der Waals surface area (Å²) in [5, 5.41) is 3.19. The van der Waals surface area contributed by atoms with Gasteiger partial charge in [-0.15, -0.1) is 11.3 Å². The molecule has 0 aliphatic carbocycles. The molecule has 0 saturated carbocycles. The molecular formula is C11H14BrN3S. The Morgan fingerprint density at radius 3 is 2.81 bits per heavy atom. The van der Waals surface area contributed by atoms with Crippen molar-refractivity contribution in [2.45, 2.75) is 13.5 Å². The zero-order chi connectivity index (χ0) is 11.7. The van der Waals surface area contributed by atoms with E-state index in [9.17, 15) is 0 Å². The fraction of sp³-hybridized carbons (Fsp3) is 0.364. The molecule has 1 N–H and O–H groups in total. The second-order valence-electron chi connectivity index (χ2n) is 3.65. The maximum absolute atomic E-state index is 4.62. The summed E-state index contributed by atoms with van der Waals surface area (Å²) in [7, 11) is 4.01. The minimum Gasteiger partial charge on any atom is -0.334 e. The van der Waals surface area contributed by atoms with E-state index in [2.05, 4.69) is 50.0 Å². The van der Waals surface area contributed by atoms with Crippen molar-refractivity contribution < 1.29 is 0 Å². The van der Waals surface area contributed by atoms with Crippen LogP contribution in [-0.2, 0) is 13.6 Å². The number of hydrogen-bond acceptors (Lipinski definition) is 3. The van der Waals surface area contributed by atoms with Crippen LogP contribution in [0.5, 0.6) is 0 Å². The molecule has 0 aliphatic rings. The van der Waals surface area contributed by atoms with Crippen LogP contribution in [0.4, 0.5) is 0 Å². The van der Waals surface area contributed by atoms with Crippen LogP contribution in [0.3, 0.4) is 0 Å². The Morgan fingerprint density at radius 1 is 1.50 bits per heavy atom. The summed E-state index contributed by atoms with van der Waals surface area (Å²) in [6.07, 6.45) is 0. The van der Waals surface area contributed by atoms with Crippen molar-refractivity contribution in [3.63, 3.8) is 0 Å². The van der Waals surface area contributed by atoms with E-state index in [0.29, 0.717) is 0 Å². The molecule has 0 atom stereocenters. The van der Waals surface area contributed by atoms with Crippen LogP contribution < -0.4 is 5.32 Å². The maximum Gasteiger partial charge on any atom is 0.106 e. The standard InChI is InChI=1S/C11H14BrN3S/c1-7-14-11(8(6-13-2)15(7)3)9-4-5-10(12)16-9/h4-5,13H,6H2,1-3H3. The molecule has 0 bridgehead atoms. The number of rotatable bonds is 3. The van der Waals surface area contributed by atoms with Crippen molar-refractivity contribution in [2.24, 2.45) is 7.05 Å². The highest BCUT2D eigenvalue weighted by atomic mass is 79.9. The van der Waals surface area contributed by atoms with Gasteiger partial charge in [-0.05, 0) is 42.0 Å². The molecule has 0 saturated heterocycles. The zero-order valence-corrected chi connectivity index (χ0v) is 11.9. The molecule has 0 spiro atoms. The predicted octanol–water partition coefficient (Wildman–Crippen LogP) is 2.94. The Labute approximate surface area is 108 Å². The third-order valence-corrected chi connectivity index (χ3v) is 4.22. The molecular weight excluding hydrogens is 286 g/mol. The summed E-state index contributed by atoms with van der Waals surface area (Å²) in [5.74, 6) is 1.05. The monoisotopic (exact) mass is 299 g/mol. The Bertz CT molecular complexity index is 501. The van der Waals surface area contributed by atoms with E-state index in [1.54, 1.807) is 11.3 Å². The first-order valence-electron chi connectivity index (χ1n) is 5.06. The van der Waals surface area contributed by atoms with E-state index in [1.807, 2.05) is 14.0 Å². The number of nitrogens with one attached hydrogen (secondary N) is 1. The Balaban J connectivity index is 2.51. The smallest absolute Gasteiger partial charge is 0.106 e. The molecule has 2 heterocycles. The molecule has 2 rings (SSSR count). The second kappa shape index (κ2) is 4.69. The minimum atomic E-state index is 0.836. The highest BCUT2D eigenvalue weighted by molar-refractivity contribution is 9.11. The van der Waals surface area contributed by atoms with Crippen molar-refractivity contribution in [1.82, 2.24) is 14.9 Å². The lowest BCUT2D eigenvalue weighted by Gasteiger charge is -2.04. The first-order valence-corrected chi connectivity index (χ1v) is 6.67.